The molecule has 2 heterocycles. The molecule has 1 aromatic heterocycles. The van der Waals surface area contributed by atoms with Gasteiger partial charge in [0, 0.05) is 17.0 Å². The van der Waals surface area contributed by atoms with Gasteiger partial charge < -0.3 is 18.9 Å². The third kappa shape index (κ3) is 9.30. The fraction of sp³-hybridized carbons (Fsp3) is 0.109. The lowest BCUT2D eigenvalue weighted by Gasteiger charge is -2.21. The van der Waals surface area contributed by atoms with Gasteiger partial charge in [0.05, 0.1) is 22.2 Å². The van der Waals surface area contributed by atoms with Crippen LogP contribution in [-0.2, 0) is 16.7 Å². The van der Waals surface area contributed by atoms with Gasteiger partial charge in [0.2, 0.25) is 5.52 Å². The smallest absolute Gasteiger partial charge is 0.263 e. The van der Waals surface area contributed by atoms with E-state index in [0.29, 0.717) is 26.3 Å². The SMILES string of the molecule is CCC(=Cc1sc2cc3ccccc3cc2[n+]1CCOc1ccc(-c2ccccc2)cc1)C=C1Sc2cc3ccccc3cc2N1CCOc1ccc(-c2ccc(S(=O)(=O)[O-])cc2)cc1. The van der Waals surface area contributed by atoms with Gasteiger partial charge in [0.25, 0.3) is 5.01 Å². The van der Waals surface area contributed by atoms with Crippen LogP contribution < -0.4 is 18.9 Å². The largest absolute Gasteiger partial charge is 0.744 e. The maximum absolute atomic E-state index is 11.4. The van der Waals surface area contributed by atoms with Crippen molar-refractivity contribution in [3.05, 3.63) is 198 Å². The molecule has 0 bridgehead atoms. The van der Waals surface area contributed by atoms with Gasteiger partial charge in [-0.2, -0.15) is 4.57 Å². The minimum Gasteiger partial charge on any atom is -0.744 e. The molecule has 0 amide bonds. The van der Waals surface area contributed by atoms with E-state index in [2.05, 4.69) is 150 Å². The minimum atomic E-state index is -4.50. The van der Waals surface area contributed by atoms with Crippen LogP contribution in [-0.4, -0.2) is 32.7 Å². The summed E-state index contributed by atoms with van der Waals surface area (Å²) in [5.41, 5.74) is 7.62. The molecule has 7 nitrogen and oxygen atoms in total. The minimum absolute atomic E-state index is 0.244. The second-order valence-corrected chi connectivity index (χ2v) is 19.3. The van der Waals surface area contributed by atoms with E-state index in [0.717, 1.165) is 45.3 Å². The van der Waals surface area contributed by atoms with Crippen LogP contribution in [0.25, 0.3) is 60.1 Å². The van der Waals surface area contributed by atoms with Crippen LogP contribution in [0.3, 0.4) is 0 Å². The zero-order chi connectivity index (χ0) is 44.3. The van der Waals surface area contributed by atoms with Crippen LogP contribution >= 0.6 is 23.1 Å². The van der Waals surface area contributed by atoms with Gasteiger partial charge in [0.1, 0.15) is 39.5 Å². The molecule has 0 radical (unpaired) electrons. The van der Waals surface area contributed by atoms with Crippen molar-refractivity contribution in [3.63, 3.8) is 0 Å². The Balaban J connectivity index is 0.920. The molecule has 0 N–H and O–H groups in total. The van der Waals surface area contributed by atoms with Crippen molar-refractivity contribution in [2.24, 2.45) is 0 Å². The second-order valence-electron chi connectivity index (χ2n) is 15.8. The summed E-state index contributed by atoms with van der Waals surface area (Å²) in [7, 11) is -4.50. The average Bonchev–Trinajstić information content (AvgIpc) is 3.84. The first-order valence-electron chi connectivity index (χ1n) is 21.6. The fourth-order valence-electron chi connectivity index (χ4n) is 8.25. The quantitative estimate of drug-likeness (QED) is 0.0794. The summed E-state index contributed by atoms with van der Waals surface area (Å²) in [6.07, 6.45) is 5.53. The molecule has 0 fully saturated rings. The molecule has 9 aromatic rings. The Hall–Kier alpha value is -6.69. The first-order chi connectivity index (χ1) is 31.8. The van der Waals surface area contributed by atoms with Crippen LogP contribution in [0.2, 0.25) is 0 Å². The van der Waals surface area contributed by atoms with E-state index in [1.54, 1.807) is 23.9 Å². The maximum atomic E-state index is 11.4. The summed E-state index contributed by atoms with van der Waals surface area (Å²) in [4.78, 5) is 3.34. The predicted octanol–water partition coefficient (Wildman–Crippen LogP) is 13.1. The highest BCUT2D eigenvalue weighted by Gasteiger charge is 2.27. The number of fused-ring (bicyclic) bond motifs is 4. The second kappa shape index (κ2) is 18.4. The molecule has 8 aromatic carbocycles. The Morgan fingerprint density at radius 2 is 1.18 bits per heavy atom. The summed E-state index contributed by atoms with van der Waals surface area (Å²) in [6, 6.07) is 58.6. The number of anilines is 1. The molecule has 0 unspecified atom stereocenters. The number of hydrogen-bond donors (Lipinski definition) is 0. The Morgan fingerprint density at radius 1 is 0.646 bits per heavy atom. The standard InChI is InChI=1S/C55H44N2O5S3/c1-2-38(32-54-56(50-34-43-12-6-8-14-45(43)36-52(50)63-54)28-30-61-47-22-16-40(17-23-47)39-10-4-3-5-11-39)33-55-57(51-35-44-13-7-9-15-46(44)37-53(51)64-55)29-31-62-48-24-18-41(19-25-48)42-20-26-49(27-21-42)65(58,59)60/h3-27,32-37H,2,28-31H2,1H3. The molecule has 322 valence electrons. The van der Waals surface area contributed by atoms with Gasteiger partial charge in [-0.25, -0.2) is 8.42 Å². The molecule has 0 aliphatic carbocycles. The lowest BCUT2D eigenvalue weighted by atomic mass is 10.1. The molecular formula is C55H44N2O5S3. The molecule has 0 atom stereocenters. The van der Waals surface area contributed by atoms with E-state index < -0.39 is 10.1 Å². The highest BCUT2D eigenvalue weighted by Crippen LogP contribution is 2.48. The fourth-order valence-corrected chi connectivity index (χ4v) is 11.1. The van der Waals surface area contributed by atoms with Gasteiger partial charge in [-0.05, 0) is 116 Å². The van der Waals surface area contributed by atoms with Crippen molar-refractivity contribution < 1.29 is 27.0 Å². The van der Waals surface area contributed by atoms with Crippen molar-refractivity contribution in [1.29, 1.82) is 0 Å². The Kier molecular flexibility index (Phi) is 12.0. The summed E-state index contributed by atoms with van der Waals surface area (Å²) < 4.78 is 50.6. The van der Waals surface area contributed by atoms with E-state index in [1.165, 1.54) is 64.9 Å². The number of allylic oxidation sites excluding steroid dienone is 2. The van der Waals surface area contributed by atoms with Gasteiger partial charge >= 0.3 is 0 Å². The number of benzene rings is 8. The van der Waals surface area contributed by atoms with Crippen LogP contribution in [0.1, 0.15) is 18.4 Å². The average molecular weight is 909 g/mol. The highest BCUT2D eigenvalue weighted by molar-refractivity contribution is 8.03. The van der Waals surface area contributed by atoms with Gasteiger partial charge in [-0.15, -0.1) is 0 Å². The van der Waals surface area contributed by atoms with Crippen molar-refractivity contribution in [1.82, 2.24) is 0 Å². The molecular weight excluding hydrogens is 865 g/mol. The van der Waals surface area contributed by atoms with E-state index >= 15 is 0 Å². The zero-order valence-electron chi connectivity index (χ0n) is 35.6. The van der Waals surface area contributed by atoms with Crippen molar-refractivity contribution in [2.45, 2.75) is 29.7 Å². The Morgan fingerprint density at radius 3 is 1.80 bits per heavy atom. The first kappa shape index (κ1) is 42.3. The summed E-state index contributed by atoms with van der Waals surface area (Å²) in [5, 5.41) is 7.15. The normalized spacial score (nSPS) is 13.5. The van der Waals surface area contributed by atoms with Crippen LogP contribution in [0.4, 0.5) is 5.69 Å². The Bertz CT molecular complexity index is 3350. The van der Waals surface area contributed by atoms with E-state index in [1.807, 2.05) is 41.7 Å². The van der Waals surface area contributed by atoms with Gasteiger partial charge in [-0.1, -0.05) is 145 Å². The van der Waals surface area contributed by atoms with E-state index in [-0.39, 0.29) is 4.90 Å². The molecule has 1 aliphatic rings. The number of nitrogens with zero attached hydrogens (tertiary/aromatic N) is 2. The van der Waals surface area contributed by atoms with Crippen molar-refractivity contribution in [2.75, 3.05) is 24.7 Å². The monoisotopic (exact) mass is 908 g/mol. The van der Waals surface area contributed by atoms with Crippen LogP contribution in [0.5, 0.6) is 11.5 Å². The molecule has 0 saturated heterocycles. The lowest BCUT2D eigenvalue weighted by Crippen LogP contribution is -2.38. The number of ether oxygens (including phenoxy) is 2. The number of hydrogen-bond acceptors (Lipinski definition) is 8. The van der Waals surface area contributed by atoms with E-state index in [4.69, 9.17) is 9.47 Å². The summed E-state index contributed by atoms with van der Waals surface area (Å²) in [6.45, 7) is 4.51. The summed E-state index contributed by atoms with van der Waals surface area (Å²) in [5.74, 6) is 1.58. The first-order valence-corrected chi connectivity index (χ1v) is 24.6. The summed E-state index contributed by atoms with van der Waals surface area (Å²) >= 11 is 3.61. The van der Waals surface area contributed by atoms with E-state index in [9.17, 15) is 13.0 Å². The highest BCUT2D eigenvalue weighted by atomic mass is 32.2. The number of rotatable bonds is 14. The Labute approximate surface area is 387 Å². The molecule has 65 heavy (non-hydrogen) atoms. The maximum Gasteiger partial charge on any atom is 0.263 e. The lowest BCUT2D eigenvalue weighted by molar-refractivity contribution is -0.669. The van der Waals surface area contributed by atoms with Gasteiger partial charge in [-0.3, -0.25) is 0 Å². The third-order valence-corrected chi connectivity index (χ3v) is 14.7. The number of thioether (sulfide) groups is 1. The predicted molar refractivity (Wildman–Crippen MR) is 266 cm³/mol. The van der Waals surface area contributed by atoms with Crippen LogP contribution in [0, 0.1) is 0 Å². The molecule has 0 saturated carbocycles. The van der Waals surface area contributed by atoms with Crippen LogP contribution in [0.15, 0.2) is 202 Å². The van der Waals surface area contributed by atoms with Gasteiger partial charge in [0.15, 0.2) is 6.54 Å². The molecule has 1 aliphatic heterocycles. The number of aromatic nitrogens is 1. The zero-order valence-corrected chi connectivity index (χ0v) is 38.0. The topological polar surface area (TPSA) is 82.8 Å². The molecule has 10 heteroatoms. The third-order valence-electron chi connectivity index (χ3n) is 11.7. The number of thiazole rings is 1. The van der Waals surface area contributed by atoms with Crippen molar-refractivity contribution >= 4 is 76.7 Å². The van der Waals surface area contributed by atoms with Crippen molar-refractivity contribution in [3.8, 4) is 33.8 Å². The molecule has 0 spiro atoms. The molecule has 10 rings (SSSR count).